The van der Waals surface area contributed by atoms with Gasteiger partial charge in [-0.05, 0) is 54.0 Å². The zero-order valence-corrected chi connectivity index (χ0v) is 28.5. The lowest BCUT2D eigenvalue weighted by Gasteiger charge is -2.36. The summed E-state index contributed by atoms with van der Waals surface area (Å²) in [6, 6.07) is 18.0. The summed E-state index contributed by atoms with van der Waals surface area (Å²) in [5.41, 5.74) is 5.74. The van der Waals surface area contributed by atoms with Gasteiger partial charge in [-0.15, -0.1) is 0 Å². The van der Waals surface area contributed by atoms with E-state index in [0.29, 0.717) is 49.2 Å². The first kappa shape index (κ1) is 34.4. The van der Waals surface area contributed by atoms with Crippen LogP contribution in [0.4, 0.5) is 5.69 Å². The van der Waals surface area contributed by atoms with Gasteiger partial charge in [0.25, 0.3) is 5.91 Å². The number of anilines is 1. The van der Waals surface area contributed by atoms with E-state index in [0.717, 1.165) is 63.4 Å². The number of unbranched alkanes of at least 4 members (excludes halogenated alkanes) is 1. The molecule has 252 valence electrons. The Morgan fingerprint density at radius 3 is 2.40 bits per heavy atom. The van der Waals surface area contributed by atoms with Gasteiger partial charge in [0.15, 0.2) is 5.78 Å². The Hall–Kier alpha value is -3.95. The van der Waals surface area contributed by atoms with Crippen LogP contribution in [0.2, 0.25) is 0 Å². The number of nitrogens with zero attached hydrogens (tertiary/aromatic N) is 2. The number of carbonyl (C=O) groups excluding carboxylic acids is 3. The van der Waals surface area contributed by atoms with Gasteiger partial charge < -0.3 is 25.3 Å². The van der Waals surface area contributed by atoms with Crippen LogP contribution in [0.1, 0.15) is 89.7 Å². The number of aromatic nitrogens is 1. The fourth-order valence-corrected chi connectivity index (χ4v) is 6.69. The van der Waals surface area contributed by atoms with Crippen molar-refractivity contribution in [3.8, 4) is 0 Å². The number of hydrogen-bond donors (Lipinski definition) is 3. The number of nitrogens with one attached hydrogen (secondary N) is 3. The number of benzene rings is 2. The van der Waals surface area contributed by atoms with E-state index in [9.17, 15) is 14.4 Å². The van der Waals surface area contributed by atoms with Crippen molar-refractivity contribution in [2.75, 3.05) is 44.2 Å². The fourth-order valence-electron chi connectivity index (χ4n) is 6.69. The molecule has 2 aromatic carbocycles. The molecule has 0 saturated carbocycles. The molecular weight excluding hydrogens is 590 g/mol. The number of fused-ring (bicyclic) bond motifs is 1. The van der Waals surface area contributed by atoms with Crippen LogP contribution >= 0.6 is 0 Å². The number of ether oxygens (including phenoxy) is 1. The second-order valence-electron chi connectivity index (χ2n) is 13.8. The molecule has 2 aliphatic rings. The number of rotatable bonds is 14. The van der Waals surface area contributed by atoms with Gasteiger partial charge in [-0.25, -0.2) is 0 Å². The summed E-state index contributed by atoms with van der Waals surface area (Å²) in [5.74, 6) is -0.480. The van der Waals surface area contributed by atoms with Crippen molar-refractivity contribution < 1.29 is 19.1 Å². The molecule has 1 saturated heterocycles. The minimum Gasteiger partial charge on any atom is -0.375 e. The molecule has 0 spiro atoms. The van der Waals surface area contributed by atoms with Crippen LogP contribution in [0, 0.1) is 12.3 Å². The summed E-state index contributed by atoms with van der Waals surface area (Å²) in [4.78, 5) is 47.6. The lowest BCUT2D eigenvalue weighted by molar-refractivity contribution is -0.123. The zero-order valence-electron chi connectivity index (χ0n) is 28.5. The molecule has 1 fully saturated rings. The Morgan fingerprint density at radius 2 is 1.70 bits per heavy atom. The molecule has 9 nitrogen and oxygen atoms in total. The van der Waals surface area contributed by atoms with E-state index in [1.807, 2.05) is 25.1 Å². The van der Waals surface area contributed by atoms with Crippen molar-refractivity contribution in [1.82, 2.24) is 20.5 Å². The SMILES string of the molecule is CCCC[C@H](NC(=O)c1[nH]c2c(c1C)C(=O)CC(C)(C)C2)C(=O)NCc1ccc(N2CCN(CCOCc3ccccc3)CC2)cc1. The van der Waals surface area contributed by atoms with Crippen molar-refractivity contribution in [3.63, 3.8) is 0 Å². The van der Waals surface area contributed by atoms with Crippen LogP contribution in [0.5, 0.6) is 0 Å². The molecule has 0 unspecified atom stereocenters. The van der Waals surface area contributed by atoms with Gasteiger partial charge in [0, 0.05) is 62.6 Å². The Kier molecular flexibility index (Phi) is 11.5. The lowest BCUT2D eigenvalue weighted by atomic mass is 9.75. The van der Waals surface area contributed by atoms with Crippen LogP contribution in [-0.4, -0.2) is 72.9 Å². The van der Waals surface area contributed by atoms with Crippen LogP contribution in [-0.2, 0) is 29.1 Å². The highest BCUT2D eigenvalue weighted by atomic mass is 16.5. The highest BCUT2D eigenvalue weighted by molar-refractivity contribution is 6.05. The summed E-state index contributed by atoms with van der Waals surface area (Å²) >= 11 is 0. The smallest absolute Gasteiger partial charge is 0.268 e. The van der Waals surface area contributed by atoms with E-state index in [1.54, 1.807) is 0 Å². The molecule has 1 aliphatic carbocycles. The van der Waals surface area contributed by atoms with Gasteiger partial charge in [0.1, 0.15) is 11.7 Å². The highest BCUT2D eigenvalue weighted by Crippen LogP contribution is 2.36. The maximum Gasteiger partial charge on any atom is 0.268 e. The third-order valence-electron chi connectivity index (χ3n) is 9.40. The Morgan fingerprint density at radius 1 is 0.979 bits per heavy atom. The van der Waals surface area contributed by atoms with E-state index >= 15 is 0 Å². The number of amides is 2. The van der Waals surface area contributed by atoms with E-state index < -0.39 is 6.04 Å². The van der Waals surface area contributed by atoms with Crippen LogP contribution < -0.4 is 15.5 Å². The maximum absolute atomic E-state index is 13.4. The Bertz CT molecular complexity index is 1510. The summed E-state index contributed by atoms with van der Waals surface area (Å²) < 4.78 is 5.87. The average Bonchev–Trinajstić information content (AvgIpc) is 3.40. The van der Waals surface area contributed by atoms with E-state index in [2.05, 4.69) is 82.6 Å². The monoisotopic (exact) mass is 641 g/mol. The molecule has 0 radical (unpaired) electrons. The number of carbonyl (C=O) groups is 3. The summed E-state index contributed by atoms with van der Waals surface area (Å²) in [6.45, 7) is 14.6. The van der Waals surface area contributed by atoms with Crippen molar-refractivity contribution >= 4 is 23.3 Å². The third kappa shape index (κ3) is 9.11. The minimum atomic E-state index is -0.659. The van der Waals surface area contributed by atoms with Gasteiger partial charge >= 0.3 is 0 Å². The maximum atomic E-state index is 13.4. The first-order valence-electron chi connectivity index (χ1n) is 17.1. The van der Waals surface area contributed by atoms with Crippen molar-refractivity contribution in [2.24, 2.45) is 5.41 Å². The van der Waals surface area contributed by atoms with Gasteiger partial charge in [-0.1, -0.05) is 76.1 Å². The number of aromatic amines is 1. The topological polar surface area (TPSA) is 107 Å². The lowest BCUT2D eigenvalue weighted by Crippen LogP contribution is -2.47. The largest absolute Gasteiger partial charge is 0.375 e. The molecule has 0 bridgehead atoms. The van der Waals surface area contributed by atoms with Crippen LogP contribution in [0.15, 0.2) is 54.6 Å². The Balaban J connectivity index is 1.08. The number of hydrogen-bond acceptors (Lipinski definition) is 6. The van der Waals surface area contributed by atoms with Crippen LogP contribution in [0.3, 0.4) is 0 Å². The van der Waals surface area contributed by atoms with Gasteiger partial charge in [0.05, 0.1) is 13.2 Å². The first-order valence-corrected chi connectivity index (χ1v) is 17.1. The van der Waals surface area contributed by atoms with Gasteiger partial charge in [-0.2, -0.15) is 0 Å². The van der Waals surface area contributed by atoms with Crippen molar-refractivity contribution in [2.45, 2.75) is 79.0 Å². The predicted octanol–water partition coefficient (Wildman–Crippen LogP) is 5.42. The first-order chi connectivity index (χ1) is 22.6. The number of Topliss-reactive ketones (excluding diaryl/α,β-unsaturated/α-hetero) is 1. The molecule has 1 aromatic heterocycles. The third-order valence-corrected chi connectivity index (χ3v) is 9.40. The summed E-state index contributed by atoms with van der Waals surface area (Å²) in [7, 11) is 0. The molecular formula is C38H51N5O4. The molecule has 9 heteroatoms. The summed E-state index contributed by atoms with van der Waals surface area (Å²) in [6.07, 6.45) is 3.45. The van der Waals surface area contributed by atoms with Crippen molar-refractivity contribution in [3.05, 3.63) is 88.2 Å². The number of H-pyrrole nitrogens is 1. The molecule has 3 N–H and O–H groups in total. The van der Waals surface area contributed by atoms with E-state index in [4.69, 9.17) is 4.74 Å². The minimum absolute atomic E-state index is 0.0675. The van der Waals surface area contributed by atoms with Gasteiger partial charge in [-0.3, -0.25) is 19.3 Å². The Labute approximate surface area is 279 Å². The average molecular weight is 642 g/mol. The predicted molar refractivity (Wildman–Crippen MR) is 186 cm³/mol. The second kappa shape index (κ2) is 15.8. The normalized spacial score (nSPS) is 16.9. The summed E-state index contributed by atoms with van der Waals surface area (Å²) in [5, 5.41) is 5.99. The van der Waals surface area contributed by atoms with Crippen molar-refractivity contribution in [1.29, 1.82) is 0 Å². The molecule has 1 aliphatic heterocycles. The van der Waals surface area contributed by atoms with E-state index in [1.165, 1.54) is 11.3 Å². The fraction of sp³-hybridized carbons (Fsp3) is 0.500. The second-order valence-corrected chi connectivity index (χ2v) is 13.8. The molecule has 3 aromatic rings. The highest BCUT2D eigenvalue weighted by Gasteiger charge is 2.35. The number of ketones is 1. The number of piperazine rings is 1. The molecule has 2 heterocycles. The van der Waals surface area contributed by atoms with Gasteiger partial charge in [0.2, 0.25) is 5.91 Å². The van der Waals surface area contributed by atoms with Crippen LogP contribution in [0.25, 0.3) is 0 Å². The molecule has 5 rings (SSSR count). The molecule has 1 atom stereocenters. The quantitative estimate of drug-likeness (QED) is 0.203. The molecule has 2 amide bonds. The molecule has 47 heavy (non-hydrogen) atoms. The van der Waals surface area contributed by atoms with E-state index in [-0.39, 0.29) is 23.0 Å². The zero-order chi connectivity index (χ0) is 33.4. The standard InChI is InChI=1S/C38H51N5O4/c1-5-6-12-31(41-37(46)35-27(2)34-32(40-35)23-38(3,4)24-33(34)44)36(45)39-25-28-13-15-30(16-14-28)43-19-17-42(18-20-43)21-22-47-26-29-10-8-7-9-11-29/h7-11,13-16,31,40H,5-6,12,17-26H2,1-4H3,(H,39,45)(H,41,46)/t31-/m0/s1.